The van der Waals surface area contributed by atoms with Gasteiger partial charge in [0.25, 0.3) is 0 Å². The number of amides is 1. The van der Waals surface area contributed by atoms with Gasteiger partial charge in [-0.1, -0.05) is 11.6 Å². The van der Waals surface area contributed by atoms with Crippen LogP contribution >= 0.6 is 11.6 Å². The van der Waals surface area contributed by atoms with Gasteiger partial charge in [-0.2, -0.15) is 0 Å². The van der Waals surface area contributed by atoms with Crippen molar-refractivity contribution >= 4 is 23.3 Å². The number of aromatic nitrogens is 1. The molecule has 5 heteroatoms. The lowest BCUT2D eigenvalue weighted by Crippen LogP contribution is -2.35. The van der Waals surface area contributed by atoms with Crippen LogP contribution in [0, 0.1) is 0 Å². The fraction of sp³-hybridized carbons (Fsp3) is 0.455. The fourth-order valence-electron chi connectivity index (χ4n) is 1.82. The molecule has 0 atom stereocenters. The molecule has 0 saturated carbocycles. The number of hydrogen-bond acceptors (Lipinski definition) is 3. The van der Waals surface area contributed by atoms with Gasteiger partial charge in [-0.3, -0.25) is 4.79 Å². The SMILES string of the molecule is Nc1ccc(Cl)c(CN2CCCCC2=O)n1. The third kappa shape index (κ3) is 2.44. The van der Waals surface area contributed by atoms with E-state index >= 15 is 0 Å². The van der Waals surface area contributed by atoms with Crippen molar-refractivity contribution in [3.8, 4) is 0 Å². The average Bonchev–Trinajstić information content (AvgIpc) is 2.27. The third-order valence-corrected chi connectivity index (χ3v) is 3.05. The van der Waals surface area contributed by atoms with Crippen LogP contribution in [0.3, 0.4) is 0 Å². The van der Waals surface area contributed by atoms with Crippen LogP contribution in [0.25, 0.3) is 0 Å². The number of carbonyl (C=O) groups is 1. The zero-order valence-corrected chi connectivity index (χ0v) is 9.70. The lowest BCUT2D eigenvalue weighted by molar-refractivity contribution is -0.133. The summed E-state index contributed by atoms with van der Waals surface area (Å²) in [6.45, 7) is 1.24. The molecule has 0 radical (unpaired) electrons. The minimum Gasteiger partial charge on any atom is -0.384 e. The first-order valence-electron chi connectivity index (χ1n) is 5.35. The highest BCUT2D eigenvalue weighted by molar-refractivity contribution is 6.31. The van der Waals surface area contributed by atoms with Crippen molar-refractivity contribution in [3.63, 3.8) is 0 Å². The van der Waals surface area contributed by atoms with E-state index in [1.165, 1.54) is 0 Å². The second kappa shape index (κ2) is 4.70. The first-order valence-corrected chi connectivity index (χ1v) is 5.73. The molecule has 1 aromatic heterocycles. The first-order chi connectivity index (χ1) is 7.66. The van der Waals surface area contributed by atoms with Crippen LogP contribution in [-0.4, -0.2) is 22.3 Å². The van der Waals surface area contributed by atoms with Crippen LogP contribution in [0.2, 0.25) is 5.02 Å². The number of nitrogens with two attached hydrogens (primary N) is 1. The zero-order chi connectivity index (χ0) is 11.5. The Hall–Kier alpha value is -1.29. The summed E-state index contributed by atoms with van der Waals surface area (Å²) < 4.78 is 0. The molecule has 2 rings (SSSR count). The van der Waals surface area contributed by atoms with E-state index in [1.807, 2.05) is 0 Å². The molecule has 0 unspecified atom stereocenters. The van der Waals surface area contributed by atoms with Gasteiger partial charge in [-0.25, -0.2) is 4.98 Å². The number of halogens is 1. The lowest BCUT2D eigenvalue weighted by atomic mass is 10.1. The number of pyridine rings is 1. The molecule has 2 N–H and O–H groups in total. The minimum atomic E-state index is 0.173. The van der Waals surface area contributed by atoms with Crippen molar-refractivity contribution in [2.75, 3.05) is 12.3 Å². The minimum absolute atomic E-state index is 0.173. The molecule has 0 spiro atoms. The molecule has 1 aliphatic heterocycles. The topological polar surface area (TPSA) is 59.2 Å². The van der Waals surface area contributed by atoms with Crippen LogP contribution in [0.4, 0.5) is 5.82 Å². The van der Waals surface area contributed by atoms with E-state index in [9.17, 15) is 4.79 Å². The highest BCUT2D eigenvalue weighted by Crippen LogP contribution is 2.19. The molecule has 1 saturated heterocycles. The van der Waals surface area contributed by atoms with Crippen molar-refractivity contribution in [1.29, 1.82) is 0 Å². The van der Waals surface area contributed by atoms with E-state index in [1.54, 1.807) is 17.0 Å². The smallest absolute Gasteiger partial charge is 0.222 e. The Balaban J connectivity index is 2.13. The van der Waals surface area contributed by atoms with Crippen molar-refractivity contribution < 1.29 is 4.79 Å². The van der Waals surface area contributed by atoms with Gasteiger partial charge >= 0.3 is 0 Å². The number of hydrogen-bond donors (Lipinski definition) is 1. The van der Waals surface area contributed by atoms with Crippen LogP contribution in [0.5, 0.6) is 0 Å². The number of nitrogen functional groups attached to an aromatic ring is 1. The molecule has 0 bridgehead atoms. The molecule has 4 nitrogen and oxygen atoms in total. The standard InChI is InChI=1S/C11H14ClN3O/c12-8-4-5-10(13)14-9(8)7-15-6-2-1-3-11(15)16/h4-5H,1-3,6-7H2,(H2,13,14). The molecule has 0 aromatic carbocycles. The van der Waals surface area contributed by atoms with Crippen molar-refractivity contribution in [1.82, 2.24) is 9.88 Å². The van der Waals surface area contributed by atoms with Crippen molar-refractivity contribution in [3.05, 3.63) is 22.8 Å². The first kappa shape index (κ1) is 11.2. The highest BCUT2D eigenvalue weighted by Gasteiger charge is 2.19. The summed E-state index contributed by atoms with van der Waals surface area (Å²) in [4.78, 5) is 17.6. The highest BCUT2D eigenvalue weighted by atomic mass is 35.5. The van der Waals surface area contributed by atoms with Gasteiger partial charge in [-0.05, 0) is 25.0 Å². The average molecular weight is 240 g/mol. The number of carbonyl (C=O) groups excluding carboxylic acids is 1. The van der Waals surface area contributed by atoms with Gasteiger partial charge in [0.05, 0.1) is 17.3 Å². The quantitative estimate of drug-likeness (QED) is 0.857. The molecule has 86 valence electrons. The number of piperidine rings is 1. The molecular weight excluding hydrogens is 226 g/mol. The van der Waals surface area contributed by atoms with E-state index in [-0.39, 0.29) is 5.91 Å². The second-order valence-electron chi connectivity index (χ2n) is 3.94. The Morgan fingerprint density at radius 2 is 2.25 bits per heavy atom. The fourth-order valence-corrected chi connectivity index (χ4v) is 1.99. The summed E-state index contributed by atoms with van der Waals surface area (Å²) >= 11 is 6.01. The Kier molecular flexibility index (Phi) is 3.29. The van der Waals surface area contributed by atoms with Crippen molar-refractivity contribution in [2.45, 2.75) is 25.8 Å². The maximum absolute atomic E-state index is 11.6. The molecule has 1 fully saturated rings. The summed E-state index contributed by atoms with van der Waals surface area (Å²) in [7, 11) is 0. The van der Waals surface area contributed by atoms with Crippen LogP contribution in [0.15, 0.2) is 12.1 Å². The van der Waals surface area contributed by atoms with Crippen molar-refractivity contribution in [2.24, 2.45) is 0 Å². The van der Waals surface area contributed by atoms with Gasteiger partial charge in [0.15, 0.2) is 0 Å². The molecular formula is C11H14ClN3O. The largest absolute Gasteiger partial charge is 0.384 e. The van der Waals surface area contributed by atoms with E-state index in [4.69, 9.17) is 17.3 Å². The normalized spacial score (nSPS) is 16.6. The Bertz CT molecular complexity index is 408. The van der Waals surface area contributed by atoms with E-state index in [0.29, 0.717) is 29.5 Å². The maximum atomic E-state index is 11.6. The Morgan fingerprint density at radius 3 is 3.00 bits per heavy atom. The van der Waals surface area contributed by atoms with Gasteiger partial charge in [-0.15, -0.1) is 0 Å². The van der Waals surface area contributed by atoms with E-state index in [0.717, 1.165) is 19.4 Å². The Morgan fingerprint density at radius 1 is 1.44 bits per heavy atom. The van der Waals surface area contributed by atoms with E-state index in [2.05, 4.69) is 4.98 Å². The summed E-state index contributed by atoms with van der Waals surface area (Å²) in [5.74, 6) is 0.607. The predicted octanol–water partition coefficient (Wildman–Crippen LogP) is 1.83. The summed E-state index contributed by atoms with van der Waals surface area (Å²) in [6, 6.07) is 3.37. The molecule has 2 heterocycles. The van der Waals surface area contributed by atoms with Crippen LogP contribution < -0.4 is 5.73 Å². The lowest BCUT2D eigenvalue weighted by Gasteiger charge is -2.26. The molecule has 1 aliphatic rings. The van der Waals surface area contributed by atoms with Crippen LogP contribution in [-0.2, 0) is 11.3 Å². The number of nitrogens with zero attached hydrogens (tertiary/aromatic N) is 2. The molecule has 1 aromatic rings. The van der Waals surface area contributed by atoms with Gasteiger partial charge in [0.1, 0.15) is 5.82 Å². The number of rotatable bonds is 2. The predicted molar refractivity (Wildman–Crippen MR) is 62.9 cm³/mol. The second-order valence-corrected chi connectivity index (χ2v) is 4.34. The molecule has 0 aliphatic carbocycles. The Labute approximate surface area is 99.4 Å². The number of likely N-dealkylation sites (tertiary alicyclic amines) is 1. The van der Waals surface area contributed by atoms with Gasteiger partial charge < -0.3 is 10.6 Å². The third-order valence-electron chi connectivity index (χ3n) is 2.70. The van der Waals surface area contributed by atoms with Crippen LogP contribution in [0.1, 0.15) is 25.0 Å². The molecule has 16 heavy (non-hydrogen) atoms. The maximum Gasteiger partial charge on any atom is 0.222 e. The van der Waals surface area contributed by atoms with Gasteiger partial charge in [0.2, 0.25) is 5.91 Å². The monoisotopic (exact) mass is 239 g/mol. The molecule has 1 amide bonds. The summed E-state index contributed by atoms with van der Waals surface area (Å²) in [5.41, 5.74) is 6.27. The zero-order valence-electron chi connectivity index (χ0n) is 8.95. The summed E-state index contributed by atoms with van der Waals surface area (Å²) in [6.07, 6.45) is 2.65. The summed E-state index contributed by atoms with van der Waals surface area (Å²) in [5, 5.41) is 0.563. The van der Waals surface area contributed by atoms with Gasteiger partial charge in [0, 0.05) is 13.0 Å². The van der Waals surface area contributed by atoms with E-state index < -0.39 is 0 Å². The number of anilines is 1.